The van der Waals surface area contributed by atoms with Crippen LogP contribution in [0, 0.1) is 0 Å². The first-order valence-corrected chi connectivity index (χ1v) is 3.71. The Morgan fingerprint density at radius 2 is 1.82 bits per heavy atom. The Labute approximate surface area is 66.0 Å². The Morgan fingerprint density at radius 1 is 1.18 bits per heavy atom. The number of alkyl halides is 1. The van der Waals surface area contributed by atoms with Crippen molar-refractivity contribution in [3.8, 4) is 0 Å². The molecule has 0 radical (unpaired) electrons. The van der Waals surface area contributed by atoms with Gasteiger partial charge in [-0.05, 0) is 11.1 Å². The number of aryl methyl sites for hydroxylation is 1. The third-order valence-corrected chi connectivity index (χ3v) is 1.70. The average molecular weight is 153 g/mol. The van der Waals surface area contributed by atoms with Gasteiger partial charge in [0.1, 0.15) is 0 Å². The molecule has 0 saturated carbocycles. The molecule has 0 atom stereocenters. The lowest BCUT2D eigenvalue weighted by molar-refractivity contribution is 0.494. The lowest BCUT2D eigenvalue weighted by atomic mass is 10.1. The zero-order chi connectivity index (χ0) is 8.10. The maximum absolute atomic E-state index is 12.0. The fraction of sp³-hybridized carbons (Fsp3) is 0.333. The molecule has 0 fully saturated rings. The van der Waals surface area contributed by atoms with Crippen LogP contribution >= 0.6 is 0 Å². The Morgan fingerprint density at radius 3 is 2.36 bits per heavy atom. The van der Waals surface area contributed by atoms with Crippen LogP contribution in [0.4, 0.5) is 4.39 Å². The molecule has 2 N–H and O–H groups in total. The second-order valence-electron chi connectivity index (χ2n) is 2.41. The van der Waals surface area contributed by atoms with Crippen LogP contribution < -0.4 is 5.73 Å². The smallest absolute Gasteiger partial charge is 0.0934 e. The molecular weight excluding hydrogens is 141 g/mol. The van der Waals surface area contributed by atoms with Crippen LogP contribution in [0.2, 0.25) is 0 Å². The van der Waals surface area contributed by atoms with Crippen LogP contribution in [0.15, 0.2) is 24.3 Å². The fourth-order valence-corrected chi connectivity index (χ4v) is 1.10. The standard InChI is InChI=1S/C9H12FN/c10-6-5-8-3-1-2-4-9(8)7-11/h1-4H,5-7,11H2. The highest BCUT2D eigenvalue weighted by molar-refractivity contribution is 5.26. The maximum Gasteiger partial charge on any atom is 0.0934 e. The molecule has 0 aliphatic heterocycles. The van der Waals surface area contributed by atoms with E-state index in [1.165, 1.54) is 0 Å². The first kappa shape index (κ1) is 8.21. The first-order valence-electron chi connectivity index (χ1n) is 3.71. The molecule has 0 saturated heterocycles. The van der Waals surface area contributed by atoms with Gasteiger partial charge in [-0.3, -0.25) is 4.39 Å². The molecule has 1 rings (SSSR count). The van der Waals surface area contributed by atoms with Gasteiger partial charge in [-0.15, -0.1) is 0 Å². The summed E-state index contributed by atoms with van der Waals surface area (Å²) in [6.45, 7) is 0.188. The predicted molar refractivity (Wildman–Crippen MR) is 44.0 cm³/mol. The van der Waals surface area contributed by atoms with Crippen LogP contribution in [0.1, 0.15) is 11.1 Å². The predicted octanol–water partition coefficient (Wildman–Crippen LogP) is 1.66. The first-order chi connectivity index (χ1) is 5.38. The summed E-state index contributed by atoms with van der Waals surface area (Å²) in [6.07, 6.45) is 0.480. The molecule has 11 heavy (non-hydrogen) atoms. The summed E-state index contributed by atoms with van der Waals surface area (Å²) in [7, 11) is 0. The average Bonchev–Trinajstić information content (AvgIpc) is 2.06. The van der Waals surface area contributed by atoms with Crippen molar-refractivity contribution in [1.82, 2.24) is 0 Å². The van der Waals surface area contributed by atoms with Crippen LogP contribution in [-0.2, 0) is 13.0 Å². The summed E-state index contributed by atoms with van der Waals surface area (Å²) in [5, 5.41) is 0. The summed E-state index contributed by atoms with van der Waals surface area (Å²) >= 11 is 0. The minimum absolute atomic E-state index is 0.309. The molecule has 1 aromatic carbocycles. The molecule has 1 aromatic rings. The van der Waals surface area contributed by atoms with E-state index in [-0.39, 0.29) is 6.67 Å². The molecule has 0 bridgehead atoms. The van der Waals surface area contributed by atoms with Gasteiger partial charge in [-0.2, -0.15) is 0 Å². The van der Waals surface area contributed by atoms with E-state index in [0.29, 0.717) is 13.0 Å². The number of hydrogen-bond donors (Lipinski definition) is 1. The van der Waals surface area contributed by atoms with E-state index in [4.69, 9.17) is 5.73 Å². The van der Waals surface area contributed by atoms with Crippen molar-refractivity contribution in [1.29, 1.82) is 0 Å². The molecule has 0 aromatic heterocycles. The van der Waals surface area contributed by atoms with E-state index in [1.54, 1.807) is 0 Å². The Balaban J connectivity index is 2.83. The Kier molecular flexibility index (Phi) is 3.05. The molecule has 0 spiro atoms. The van der Waals surface area contributed by atoms with Gasteiger partial charge < -0.3 is 5.73 Å². The number of halogens is 1. The lowest BCUT2D eigenvalue weighted by Crippen LogP contribution is -2.01. The van der Waals surface area contributed by atoms with Gasteiger partial charge in [0.15, 0.2) is 0 Å². The van der Waals surface area contributed by atoms with E-state index < -0.39 is 0 Å². The van der Waals surface area contributed by atoms with Crippen LogP contribution in [0.5, 0.6) is 0 Å². The second kappa shape index (κ2) is 4.09. The highest BCUT2D eigenvalue weighted by atomic mass is 19.1. The van der Waals surface area contributed by atoms with Crippen molar-refractivity contribution in [2.24, 2.45) is 5.73 Å². The van der Waals surface area contributed by atoms with Gasteiger partial charge in [-0.25, -0.2) is 0 Å². The van der Waals surface area contributed by atoms with Crippen molar-refractivity contribution in [3.05, 3.63) is 35.4 Å². The zero-order valence-electron chi connectivity index (χ0n) is 6.39. The Bertz CT molecular complexity index is 223. The van der Waals surface area contributed by atoms with Gasteiger partial charge >= 0.3 is 0 Å². The molecule has 2 heteroatoms. The van der Waals surface area contributed by atoms with E-state index in [1.807, 2.05) is 24.3 Å². The van der Waals surface area contributed by atoms with E-state index in [2.05, 4.69) is 0 Å². The van der Waals surface area contributed by atoms with Crippen molar-refractivity contribution in [3.63, 3.8) is 0 Å². The third-order valence-electron chi connectivity index (χ3n) is 1.70. The number of rotatable bonds is 3. The monoisotopic (exact) mass is 153 g/mol. The molecule has 60 valence electrons. The minimum atomic E-state index is -0.309. The van der Waals surface area contributed by atoms with E-state index in [9.17, 15) is 4.39 Å². The molecule has 0 amide bonds. The molecule has 0 unspecified atom stereocenters. The van der Waals surface area contributed by atoms with E-state index in [0.717, 1.165) is 11.1 Å². The molecule has 0 aliphatic rings. The summed E-state index contributed by atoms with van der Waals surface area (Å²) in [5.74, 6) is 0. The van der Waals surface area contributed by atoms with Crippen LogP contribution in [0.25, 0.3) is 0 Å². The number of hydrogen-bond acceptors (Lipinski definition) is 1. The van der Waals surface area contributed by atoms with Crippen molar-refractivity contribution < 1.29 is 4.39 Å². The number of nitrogens with two attached hydrogens (primary N) is 1. The van der Waals surface area contributed by atoms with Crippen LogP contribution in [-0.4, -0.2) is 6.67 Å². The van der Waals surface area contributed by atoms with Gasteiger partial charge in [0, 0.05) is 13.0 Å². The van der Waals surface area contributed by atoms with Crippen molar-refractivity contribution in [2.45, 2.75) is 13.0 Å². The molecule has 0 aliphatic carbocycles. The lowest BCUT2D eigenvalue weighted by Gasteiger charge is -2.03. The highest BCUT2D eigenvalue weighted by Gasteiger charge is 1.97. The zero-order valence-corrected chi connectivity index (χ0v) is 6.39. The molecular formula is C9H12FN. The van der Waals surface area contributed by atoms with Crippen molar-refractivity contribution in [2.75, 3.05) is 6.67 Å². The van der Waals surface area contributed by atoms with Gasteiger partial charge in [0.05, 0.1) is 6.67 Å². The van der Waals surface area contributed by atoms with Gasteiger partial charge in [-0.1, -0.05) is 24.3 Å². The topological polar surface area (TPSA) is 26.0 Å². The van der Waals surface area contributed by atoms with Gasteiger partial charge in [0.2, 0.25) is 0 Å². The van der Waals surface area contributed by atoms with E-state index >= 15 is 0 Å². The second-order valence-corrected chi connectivity index (χ2v) is 2.41. The summed E-state index contributed by atoms with van der Waals surface area (Å²) in [5.41, 5.74) is 7.53. The summed E-state index contributed by atoms with van der Waals surface area (Å²) in [4.78, 5) is 0. The number of benzene rings is 1. The Hall–Kier alpha value is -0.890. The highest BCUT2D eigenvalue weighted by Crippen LogP contribution is 2.08. The fourth-order valence-electron chi connectivity index (χ4n) is 1.10. The minimum Gasteiger partial charge on any atom is -0.326 e. The molecule has 1 nitrogen and oxygen atoms in total. The van der Waals surface area contributed by atoms with Crippen molar-refractivity contribution >= 4 is 0 Å². The summed E-state index contributed by atoms with van der Waals surface area (Å²) < 4.78 is 12.0. The largest absolute Gasteiger partial charge is 0.326 e. The quantitative estimate of drug-likeness (QED) is 0.702. The molecule has 0 heterocycles. The normalized spacial score (nSPS) is 10.0. The van der Waals surface area contributed by atoms with Gasteiger partial charge in [0.25, 0.3) is 0 Å². The summed E-state index contributed by atoms with van der Waals surface area (Å²) in [6, 6.07) is 7.68. The SMILES string of the molecule is NCc1ccccc1CCF. The maximum atomic E-state index is 12.0. The third kappa shape index (κ3) is 2.02. The van der Waals surface area contributed by atoms with Crippen LogP contribution in [0.3, 0.4) is 0 Å².